The number of hydrogen-bond donors (Lipinski definition) is 1. The monoisotopic (exact) mass is 243 g/mol. The maximum atomic E-state index is 11.9. The van der Waals surface area contributed by atoms with E-state index in [0.717, 1.165) is 0 Å². The zero-order chi connectivity index (χ0) is 12.3. The molecular weight excluding hydrogens is 226 g/mol. The molecule has 0 aliphatic rings. The van der Waals surface area contributed by atoms with Gasteiger partial charge in [0.25, 0.3) is 5.56 Å². The molecule has 1 atom stereocenters. The Balaban J connectivity index is 3.03. The number of hydrogen-bond acceptors (Lipinski definition) is 3. The SMILES string of the molecule is CCn1ccnc(NC(C)(C)C(C)Cl)c1=O. The number of nitrogens with one attached hydrogen (secondary N) is 1. The average Bonchev–Trinajstić information content (AvgIpc) is 2.20. The van der Waals surface area contributed by atoms with Crippen LogP contribution in [0, 0.1) is 0 Å². The maximum Gasteiger partial charge on any atom is 0.293 e. The summed E-state index contributed by atoms with van der Waals surface area (Å²) in [6, 6.07) is 0. The highest BCUT2D eigenvalue weighted by Crippen LogP contribution is 2.18. The first-order valence-corrected chi connectivity index (χ1v) is 5.80. The van der Waals surface area contributed by atoms with Crippen LogP contribution >= 0.6 is 11.6 Å². The van der Waals surface area contributed by atoms with Gasteiger partial charge < -0.3 is 9.88 Å². The highest BCUT2D eigenvalue weighted by Gasteiger charge is 2.25. The quantitative estimate of drug-likeness (QED) is 0.824. The Kier molecular flexibility index (Phi) is 3.97. The summed E-state index contributed by atoms with van der Waals surface area (Å²) in [5.41, 5.74) is -0.490. The van der Waals surface area contributed by atoms with Gasteiger partial charge in [0.2, 0.25) is 0 Å². The average molecular weight is 244 g/mol. The summed E-state index contributed by atoms with van der Waals surface area (Å²) in [5, 5.41) is 2.98. The predicted octanol–water partition coefficient (Wildman–Crippen LogP) is 2.08. The molecule has 0 saturated carbocycles. The molecule has 16 heavy (non-hydrogen) atoms. The first-order valence-electron chi connectivity index (χ1n) is 5.36. The van der Waals surface area contributed by atoms with Crippen molar-refractivity contribution < 1.29 is 0 Å². The molecule has 0 aliphatic carbocycles. The number of nitrogens with zero attached hydrogens (tertiary/aromatic N) is 2. The van der Waals surface area contributed by atoms with Crippen molar-refractivity contribution in [3.8, 4) is 0 Å². The van der Waals surface area contributed by atoms with Crippen molar-refractivity contribution in [3.63, 3.8) is 0 Å². The van der Waals surface area contributed by atoms with Crippen molar-refractivity contribution in [3.05, 3.63) is 22.7 Å². The lowest BCUT2D eigenvalue weighted by atomic mass is 10.0. The van der Waals surface area contributed by atoms with Crippen LogP contribution in [0.3, 0.4) is 0 Å². The van der Waals surface area contributed by atoms with E-state index in [1.807, 2.05) is 27.7 Å². The lowest BCUT2D eigenvalue weighted by molar-refractivity contribution is 0.549. The van der Waals surface area contributed by atoms with Gasteiger partial charge in [-0.25, -0.2) is 4.98 Å². The molecule has 1 unspecified atom stereocenters. The molecule has 5 heteroatoms. The Morgan fingerprint density at radius 2 is 2.25 bits per heavy atom. The minimum absolute atomic E-state index is 0.107. The molecule has 1 rings (SSSR count). The van der Waals surface area contributed by atoms with Gasteiger partial charge >= 0.3 is 0 Å². The molecule has 1 aromatic heterocycles. The molecule has 0 fully saturated rings. The van der Waals surface area contributed by atoms with Crippen LogP contribution in [0.2, 0.25) is 0 Å². The first-order chi connectivity index (χ1) is 7.38. The molecule has 0 radical (unpaired) electrons. The molecule has 1 heterocycles. The number of rotatable bonds is 4. The number of aryl methyl sites for hydroxylation is 1. The zero-order valence-electron chi connectivity index (χ0n) is 10.1. The molecule has 0 saturated heterocycles. The summed E-state index contributed by atoms with van der Waals surface area (Å²) in [6.07, 6.45) is 3.28. The van der Waals surface area contributed by atoms with Crippen LogP contribution in [0.25, 0.3) is 0 Å². The fourth-order valence-electron chi connectivity index (χ4n) is 1.19. The van der Waals surface area contributed by atoms with Gasteiger partial charge in [0.15, 0.2) is 5.82 Å². The number of alkyl halides is 1. The van der Waals surface area contributed by atoms with Gasteiger partial charge in [-0.15, -0.1) is 11.6 Å². The molecule has 4 nitrogen and oxygen atoms in total. The zero-order valence-corrected chi connectivity index (χ0v) is 10.9. The standard InChI is InChI=1S/C11H18ClN3O/c1-5-15-7-6-13-9(10(15)16)14-11(3,4)8(2)12/h6-8H,5H2,1-4H3,(H,13,14). The fraction of sp³-hybridized carbons (Fsp3) is 0.636. The van der Waals surface area contributed by atoms with Gasteiger partial charge in [-0.2, -0.15) is 0 Å². The molecular formula is C11H18ClN3O. The fourth-order valence-corrected chi connectivity index (χ4v) is 1.24. The molecule has 0 spiro atoms. The summed E-state index contributed by atoms with van der Waals surface area (Å²) >= 11 is 6.05. The van der Waals surface area contributed by atoms with Gasteiger partial charge in [0.05, 0.1) is 5.38 Å². The number of halogens is 1. The van der Waals surface area contributed by atoms with Gasteiger partial charge in [0.1, 0.15) is 0 Å². The summed E-state index contributed by atoms with van der Waals surface area (Å²) < 4.78 is 1.60. The minimum atomic E-state index is -0.374. The Morgan fingerprint density at radius 1 is 1.62 bits per heavy atom. The first kappa shape index (κ1) is 13.0. The Hall–Kier alpha value is -1.03. The second kappa shape index (κ2) is 4.87. The molecule has 0 amide bonds. The van der Waals surface area contributed by atoms with E-state index in [1.54, 1.807) is 17.0 Å². The Labute approximate surface area is 101 Å². The Morgan fingerprint density at radius 3 is 2.75 bits per heavy atom. The van der Waals surface area contributed by atoms with E-state index in [2.05, 4.69) is 10.3 Å². The number of aromatic nitrogens is 2. The van der Waals surface area contributed by atoms with Crippen LogP contribution in [0.1, 0.15) is 27.7 Å². The topological polar surface area (TPSA) is 46.9 Å². The van der Waals surface area contributed by atoms with Gasteiger partial charge in [-0.3, -0.25) is 4.79 Å². The second-order valence-electron chi connectivity index (χ2n) is 4.33. The van der Waals surface area contributed by atoms with E-state index >= 15 is 0 Å². The van der Waals surface area contributed by atoms with Crippen LogP contribution < -0.4 is 10.9 Å². The molecule has 0 aromatic carbocycles. The Bertz CT molecular complexity index is 412. The maximum absolute atomic E-state index is 11.9. The summed E-state index contributed by atoms with van der Waals surface area (Å²) in [5.74, 6) is 0.349. The van der Waals surface area contributed by atoms with Crippen molar-refractivity contribution in [2.45, 2.75) is 45.2 Å². The van der Waals surface area contributed by atoms with Gasteiger partial charge in [-0.1, -0.05) is 0 Å². The second-order valence-corrected chi connectivity index (χ2v) is 4.98. The van der Waals surface area contributed by atoms with Crippen LogP contribution in [-0.2, 0) is 6.54 Å². The summed E-state index contributed by atoms with van der Waals surface area (Å²) in [6.45, 7) is 8.31. The lowest BCUT2D eigenvalue weighted by Crippen LogP contribution is -2.41. The minimum Gasteiger partial charge on any atom is -0.359 e. The van der Waals surface area contributed by atoms with Crippen LogP contribution in [0.15, 0.2) is 17.2 Å². The highest BCUT2D eigenvalue weighted by atomic mass is 35.5. The van der Waals surface area contributed by atoms with Gasteiger partial charge in [-0.05, 0) is 27.7 Å². The van der Waals surface area contributed by atoms with E-state index < -0.39 is 0 Å². The molecule has 1 N–H and O–H groups in total. The van der Waals surface area contributed by atoms with Crippen LogP contribution in [0.4, 0.5) is 5.82 Å². The predicted molar refractivity (Wildman–Crippen MR) is 67.2 cm³/mol. The summed E-state index contributed by atoms with van der Waals surface area (Å²) in [4.78, 5) is 15.9. The third-order valence-electron chi connectivity index (χ3n) is 2.69. The third-order valence-corrected chi connectivity index (χ3v) is 3.23. The van der Waals surface area contributed by atoms with Crippen molar-refractivity contribution in [2.24, 2.45) is 0 Å². The smallest absolute Gasteiger partial charge is 0.293 e. The van der Waals surface area contributed by atoms with Crippen molar-refractivity contribution in [1.82, 2.24) is 9.55 Å². The van der Waals surface area contributed by atoms with Crippen LogP contribution in [-0.4, -0.2) is 20.5 Å². The highest BCUT2D eigenvalue weighted by molar-refractivity contribution is 6.21. The molecule has 90 valence electrons. The van der Waals surface area contributed by atoms with E-state index in [0.29, 0.717) is 12.4 Å². The van der Waals surface area contributed by atoms with E-state index in [4.69, 9.17) is 11.6 Å². The lowest BCUT2D eigenvalue weighted by Gasteiger charge is -2.29. The summed E-state index contributed by atoms with van der Waals surface area (Å²) in [7, 11) is 0. The van der Waals surface area contributed by atoms with Gasteiger partial charge in [0, 0.05) is 24.5 Å². The molecule has 0 bridgehead atoms. The van der Waals surface area contributed by atoms with Crippen molar-refractivity contribution >= 4 is 17.4 Å². The largest absolute Gasteiger partial charge is 0.359 e. The van der Waals surface area contributed by atoms with E-state index in [9.17, 15) is 4.79 Å². The van der Waals surface area contributed by atoms with Crippen molar-refractivity contribution in [1.29, 1.82) is 0 Å². The molecule has 1 aromatic rings. The molecule has 0 aliphatic heterocycles. The van der Waals surface area contributed by atoms with Crippen LogP contribution in [0.5, 0.6) is 0 Å². The number of anilines is 1. The van der Waals surface area contributed by atoms with E-state index in [-0.39, 0.29) is 16.5 Å². The normalized spacial score (nSPS) is 13.6. The third kappa shape index (κ3) is 2.76. The van der Waals surface area contributed by atoms with Crippen molar-refractivity contribution in [2.75, 3.05) is 5.32 Å². The van der Waals surface area contributed by atoms with E-state index in [1.165, 1.54) is 0 Å².